The van der Waals surface area contributed by atoms with Crippen LogP contribution in [0.15, 0.2) is 24.3 Å². The van der Waals surface area contributed by atoms with Crippen molar-refractivity contribution in [1.29, 1.82) is 0 Å². The van der Waals surface area contributed by atoms with Gasteiger partial charge in [0.1, 0.15) is 18.3 Å². The summed E-state index contributed by atoms with van der Waals surface area (Å²) in [7, 11) is 3.58. The predicted octanol–water partition coefficient (Wildman–Crippen LogP) is -0.259. The van der Waals surface area contributed by atoms with Gasteiger partial charge in [0.2, 0.25) is 5.91 Å². The highest BCUT2D eigenvalue weighted by Crippen LogP contribution is 2.10. The summed E-state index contributed by atoms with van der Waals surface area (Å²) in [5.41, 5.74) is 1.13. The van der Waals surface area contributed by atoms with Crippen molar-refractivity contribution in [3.05, 3.63) is 29.8 Å². The molecule has 0 aromatic heterocycles. The number of carbonyl (C=O) groups excluding carboxylic acids is 2. The Balaban J connectivity index is 2.38. The molecule has 1 aromatic carbocycles. The van der Waals surface area contributed by atoms with Crippen LogP contribution in [0.5, 0.6) is 5.75 Å². The van der Waals surface area contributed by atoms with Crippen LogP contribution in [0.2, 0.25) is 0 Å². The number of amides is 2. The minimum atomic E-state index is -0.511. The highest BCUT2D eigenvalue weighted by molar-refractivity contribution is 5.87. The van der Waals surface area contributed by atoms with Crippen molar-refractivity contribution in [3.63, 3.8) is 0 Å². The molecule has 0 spiro atoms. The fourth-order valence-corrected chi connectivity index (χ4v) is 2.19. The van der Waals surface area contributed by atoms with E-state index in [0.717, 1.165) is 29.2 Å². The third kappa shape index (κ3) is 7.15. The monoisotopic (exact) mass is 322 g/mol. The van der Waals surface area contributed by atoms with Crippen molar-refractivity contribution >= 4 is 11.8 Å². The Labute approximate surface area is 138 Å². The van der Waals surface area contributed by atoms with Gasteiger partial charge in [0, 0.05) is 12.1 Å². The fraction of sp³-hybridized carbons (Fsp3) is 0.529. The number of likely N-dealkylation sites (N-methyl/N-ethyl adjacent to an activating group) is 1. The Morgan fingerprint density at radius 3 is 2.48 bits per heavy atom. The van der Waals surface area contributed by atoms with Gasteiger partial charge in [-0.3, -0.25) is 9.59 Å². The Morgan fingerprint density at radius 2 is 1.91 bits per heavy atom. The van der Waals surface area contributed by atoms with E-state index < -0.39 is 6.04 Å². The second-order valence-electron chi connectivity index (χ2n) is 5.74. The second-order valence-corrected chi connectivity index (χ2v) is 5.74. The van der Waals surface area contributed by atoms with Gasteiger partial charge < -0.3 is 20.3 Å². The number of methoxy groups -OCH3 is 1. The molecule has 0 bridgehead atoms. The molecule has 6 nitrogen and oxygen atoms in total. The van der Waals surface area contributed by atoms with Crippen LogP contribution >= 0.6 is 0 Å². The van der Waals surface area contributed by atoms with E-state index in [1.807, 2.05) is 38.2 Å². The number of nitrogens with one attached hydrogen (secondary N) is 3. The smallest absolute Gasteiger partial charge is 0.275 e. The normalized spacial score (nSPS) is 13.0. The molecular weight excluding hydrogens is 294 g/mol. The van der Waals surface area contributed by atoms with Gasteiger partial charge in [-0.15, -0.1) is 0 Å². The first kappa shape index (κ1) is 19.0. The van der Waals surface area contributed by atoms with Crippen molar-refractivity contribution in [3.8, 4) is 5.75 Å². The van der Waals surface area contributed by atoms with Crippen molar-refractivity contribution in [2.45, 2.75) is 32.9 Å². The Kier molecular flexibility index (Phi) is 8.11. The number of benzene rings is 1. The molecule has 3 N–H and O–H groups in total. The molecular formula is C17H28N3O3+. The molecule has 2 atom stereocenters. The van der Waals surface area contributed by atoms with E-state index in [1.165, 1.54) is 0 Å². The molecule has 23 heavy (non-hydrogen) atoms. The highest BCUT2D eigenvalue weighted by Gasteiger charge is 2.17. The Hall–Kier alpha value is -2.08. The molecule has 1 aromatic rings. The van der Waals surface area contributed by atoms with Gasteiger partial charge in [0.25, 0.3) is 5.91 Å². The molecule has 0 heterocycles. The summed E-state index contributed by atoms with van der Waals surface area (Å²) >= 11 is 0. The van der Waals surface area contributed by atoms with Crippen LogP contribution in [-0.2, 0) is 16.1 Å². The maximum Gasteiger partial charge on any atom is 0.275 e. The molecule has 2 amide bonds. The summed E-state index contributed by atoms with van der Waals surface area (Å²) in [4.78, 5) is 24.8. The van der Waals surface area contributed by atoms with Crippen LogP contribution in [0.25, 0.3) is 0 Å². The standard InChI is InChI=1S/C17H27N3O3/c1-5-10-18-17(22)13(2)19-16(21)12-20(3)11-14-6-8-15(23-4)9-7-14/h6-9,13H,5,10-12H2,1-4H3,(H,18,22)(H,19,21)/p+1/t13-/m0/s1. The molecule has 0 aliphatic heterocycles. The summed E-state index contributed by atoms with van der Waals surface area (Å²) in [6, 6.07) is 7.27. The van der Waals surface area contributed by atoms with Gasteiger partial charge in [-0.1, -0.05) is 6.92 Å². The minimum absolute atomic E-state index is 0.129. The fourth-order valence-electron chi connectivity index (χ4n) is 2.19. The van der Waals surface area contributed by atoms with E-state index in [9.17, 15) is 9.59 Å². The molecule has 0 radical (unpaired) electrons. The second kappa shape index (κ2) is 9.84. The van der Waals surface area contributed by atoms with Crippen molar-refractivity contribution in [1.82, 2.24) is 10.6 Å². The molecule has 0 fully saturated rings. The summed E-state index contributed by atoms with van der Waals surface area (Å²) in [6.07, 6.45) is 0.876. The molecule has 0 saturated heterocycles. The number of hydrogen-bond donors (Lipinski definition) is 3. The van der Waals surface area contributed by atoms with Crippen molar-refractivity contribution in [2.24, 2.45) is 0 Å². The first-order valence-corrected chi connectivity index (χ1v) is 7.97. The van der Waals surface area contributed by atoms with Crippen LogP contribution in [0.3, 0.4) is 0 Å². The van der Waals surface area contributed by atoms with Crippen molar-refractivity contribution in [2.75, 3.05) is 27.2 Å². The van der Waals surface area contributed by atoms with E-state index in [4.69, 9.17) is 4.74 Å². The van der Waals surface area contributed by atoms with E-state index >= 15 is 0 Å². The topological polar surface area (TPSA) is 71.9 Å². The number of hydrogen-bond acceptors (Lipinski definition) is 3. The third-order valence-electron chi connectivity index (χ3n) is 3.45. The summed E-state index contributed by atoms with van der Waals surface area (Å²) in [5.74, 6) is 0.541. The van der Waals surface area contributed by atoms with Crippen molar-refractivity contribution < 1.29 is 19.2 Å². The number of quaternary nitrogens is 1. The molecule has 6 heteroatoms. The minimum Gasteiger partial charge on any atom is -0.497 e. The SMILES string of the molecule is CCCNC(=O)[C@H](C)NC(=O)C[NH+](C)Cc1ccc(OC)cc1. The predicted molar refractivity (Wildman–Crippen MR) is 89.4 cm³/mol. The average molecular weight is 322 g/mol. The largest absolute Gasteiger partial charge is 0.497 e. The zero-order valence-corrected chi connectivity index (χ0v) is 14.4. The van der Waals surface area contributed by atoms with E-state index in [0.29, 0.717) is 13.1 Å². The average Bonchev–Trinajstić information content (AvgIpc) is 2.52. The summed E-state index contributed by atoms with van der Waals surface area (Å²) in [5, 5.41) is 5.50. The molecule has 128 valence electrons. The molecule has 0 aliphatic rings. The van der Waals surface area contributed by atoms with Crippen LogP contribution in [0, 0.1) is 0 Å². The Morgan fingerprint density at radius 1 is 1.26 bits per heavy atom. The van der Waals surface area contributed by atoms with Crippen LogP contribution in [-0.4, -0.2) is 45.1 Å². The van der Waals surface area contributed by atoms with Gasteiger partial charge in [0.05, 0.1) is 14.2 Å². The molecule has 1 rings (SSSR count). The van der Waals surface area contributed by atoms with Crippen LogP contribution in [0.1, 0.15) is 25.8 Å². The quantitative estimate of drug-likeness (QED) is 0.587. The molecule has 0 aliphatic carbocycles. The lowest BCUT2D eigenvalue weighted by molar-refractivity contribution is -0.885. The highest BCUT2D eigenvalue weighted by atomic mass is 16.5. The summed E-state index contributed by atoms with van der Waals surface area (Å²) < 4.78 is 5.12. The number of rotatable bonds is 9. The van der Waals surface area contributed by atoms with Gasteiger partial charge >= 0.3 is 0 Å². The van der Waals surface area contributed by atoms with E-state index in [2.05, 4.69) is 10.6 Å². The first-order valence-electron chi connectivity index (χ1n) is 7.97. The Bertz CT molecular complexity index is 502. The number of carbonyl (C=O) groups is 2. The number of ether oxygens (including phenoxy) is 1. The van der Waals surface area contributed by atoms with E-state index in [-0.39, 0.29) is 11.8 Å². The lowest BCUT2D eigenvalue weighted by Crippen LogP contribution is -3.09. The first-order chi connectivity index (χ1) is 11.0. The van der Waals surface area contributed by atoms with Crippen LogP contribution < -0.4 is 20.3 Å². The van der Waals surface area contributed by atoms with E-state index in [1.54, 1.807) is 14.0 Å². The lowest BCUT2D eigenvalue weighted by Gasteiger charge is -2.17. The molecule has 1 unspecified atom stereocenters. The molecule has 0 saturated carbocycles. The maximum atomic E-state index is 12.0. The van der Waals surface area contributed by atoms with Gasteiger partial charge in [-0.2, -0.15) is 0 Å². The van der Waals surface area contributed by atoms with Gasteiger partial charge in [-0.05, 0) is 37.6 Å². The zero-order valence-electron chi connectivity index (χ0n) is 14.4. The lowest BCUT2D eigenvalue weighted by atomic mass is 10.2. The maximum absolute atomic E-state index is 12.0. The zero-order chi connectivity index (χ0) is 17.2. The van der Waals surface area contributed by atoms with Gasteiger partial charge in [-0.25, -0.2) is 0 Å². The van der Waals surface area contributed by atoms with Crippen LogP contribution in [0.4, 0.5) is 0 Å². The summed E-state index contributed by atoms with van der Waals surface area (Å²) in [6.45, 7) is 5.36. The third-order valence-corrected chi connectivity index (χ3v) is 3.45. The van der Waals surface area contributed by atoms with Gasteiger partial charge in [0.15, 0.2) is 6.54 Å².